The smallest absolute Gasteiger partial charge is 0.0639 e. The van der Waals surface area contributed by atoms with Crippen molar-refractivity contribution in [3.63, 3.8) is 0 Å². The van der Waals surface area contributed by atoms with Gasteiger partial charge in [-0.2, -0.15) is 11.8 Å². The number of thioether (sulfide) groups is 1. The second-order valence-corrected chi connectivity index (χ2v) is 8.42. The second-order valence-electron chi connectivity index (χ2n) is 7.02. The molecule has 2 rings (SSSR count). The average molecular weight is 388 g/mol. The van der Waals surface area contributed by atoms with E-state index in [9.17, 15) is 0 Å². The molecule has 0 saturated carbocycles. The quantitative estimate of drug-likeness (QED) is 0.515. The van der Waals surface area contributed by atoms with Crippen molar-refractivity contribution in [3.8, 4) is 0 Å². The summed E-state index contributed by atoms with van der Waals surface area (Å²) in [6.45, 7) is 5.70. The summed E-state index contributed by atoms with van der Waals surface area (Å²) in [4.78, 5) is 2.11. The minimum Gasteiger partial charge on any atom is -0.392 e. The van der Waals surface area contributed by atoms with Gasteiger partial charge in [-0.15, -0.1) is 12.4 Å². The summed E-state index contributed by atoms with van der Waals surface area (Å²) in [7, 11) is 2.01. The van der Waals surface area contributed by atoms with Gasteiger partial charge in [-0.05, 0) is 38.1 Å². The van der Waals surface area contributed by atoms with Gasteiger partial charge in [0, 0.05) is 18.3 Å². The van der Waals surface area contributed by atoms with Crippen LogP contribution >= 0.6 is 24.2 Å². The lowest BCUT2D eigenvalue weighted by molar-refractivity contribution is 0.138. The molecule has 2 atom stereocenters. The normalized spacial score (nSPS) is 17.1. The summed E-state index contributed by atoms with van der Waals surface area (Å²) in [6, 6.07) is 10.3. The fourth-order valence-electron chi connectivity index (χ4n) is 2.90. The lowest BCUT2D eigenvalue weighted by Gasteiger charge is -2.24. The van der Waals surface area contributed by atoms with Gasteiger partial charge >= 0.3 is 0 Å². The van der Waals surface area contributed by atoms with E-state index in [1.807, 2.05) is 32.2 Å². The molecule has 0 bridgehead atoms. The Morgan fingerprint density at radius 2 is 1.80 bits per heavy atom. The lowest BCUT2D eigenvalue weighted by Crippen LogP contribution is -2.26. The van der Waals surface area contributed by atoms with E-state index in [1.165, 1.54) is 56.3 Å². The van der Waals surface area contributed by atoms with Crippen LogP contribution in [0, 0.1) is 0 Å². The van der Waals surface area contributed by atoms with Crippen LogP contribution in [0.3, 0.4) is 0 Å². The molecule has 2 unspecified atom stereocenters. The van der Waals surface area contributed by atoms with Gasteiger partial charge < -0.3 is 5.11 Å². The number of benzene rings is 1. The average Bonchev–Trinajstić information content (AvgIpc) is 2.50. The SMILES string of the molecule is CC(O)CN(C)Cc1ccccc1.CCCCCCCC1CCS1.Cl. The molecular formula is C21H38ClNOS. The highest BCUT2D eigenvalue weighted by Crippen LogP contribution is 2.31. The van der Waals surface area contributed by atoms with Crippen molar-refractivity contribution in [2.45, 2.75) is 76.7 Å². The number of hydrogen-bond acceptors (Lipinski definition) is 3. The second kappa shape index (κ2) is 16.0. The largest absolute Gasteiger partial charge is 0.392 e. The molecule has 0 radical (unpaired) electrons. The molecule has 1 aliphatic heterocycles. The zero-order valence-electron chi connectivity index (χ0n) is 16.3. The first-order chi connectivity index (χ1) is 11.6. The summed E-state index contributed by atoms with van der Waals surface area (Å²) < 4.78 is 0. The third-order valence-electron chi connectivity index (χ3n) is 4.29. The molecule has 0 spiro atoms. The van der Waals surface area contributed by atoms with Gasteiger partial charge in [-0.25, -0.2) is 0 Å². The van der Waals surface area contributed by atoms with Crippen molar-refractivity contribution < 1.29 is 5.11 Å². The van der Waals surface area contributed by atoms with E-state index in [-0.39, 0.29) is 18.5 Å². The van der Waals surface area contributed by atoms with E-state index in [0.29, 0.717) is 0 Å². The van der Waals surface area contributed by atoms with Crippen LogP contribution in [0.5, 0.6) is 0 Å². The highest BCUT2D eigenvalue weighted by Gasteiger charge is 2.16. The highest BCUT2D eigenvalue weighted by molar-refractivity contribution is 8.01. The molecule has 25 heavy (non-hydrogen) atoms. The number of nitrogens with zero attached hydrogens (tertiary/aromatic N) is 1. The predicted octanol–water partition coefficient (Wildman–Crippen LogP) is 5.77. The van der Waals surface area contributed by atoms with Gasteiger partial charge in [0.05, 0.1) is 6.10 Å². The summed E-state index contributed by atoms with van der Waals surface area (Å²) in [5.41, 5.74) is 1.28. The first-order valence-corrected chi connectivity index (χ1v) is 10.7. The van der Waals surface area contributed by atoms with E-state index in [4.69, 9.17) is 5.11 Å². The number of aliphatic hydroxyl groups excluding tert-OH is 1. The third kappa shape index (κ3) is 13.6. The molecule has 1 aromatic carbocycles. The number of likely N-dealkylation sites (N-methyl/N-ethyl adjacent to an activating group) is 1. The molecule has 1 fully saturated rings. The van der Waals surface area contributed by atoms with Crippen LogP contribution in [0.1, 0.15) is 64.4 Å². The van der Waals surface area contributed by atoms with Crippen molar-refractivity contribution in [1.29, 1.82) is 0 Å². The van der Waals surface area contributed by atoms with Crippen LogP contribution in [0.2, 0.25) is 0 Å². The zero-order chi connectivity index (χ0) is 17.6. The van der Waals surface area contributed by atoms with E-state index >= 15 is 0 Å². The van der Waals surface area contributed by atoms with Crippen LogP contribution in [-0.4, -0.2) is 40.7 Å². The standard InChI is InChI=1S/C11H17NO.C10H20S.ClH/c1-10(13)8-12(2)9-11-6-4-3-5-7-11;1-2-3-4-5-6-7-10-8-9-11-10;/h3-7,10,13H,8-9H2,1-2H3;10H,2-9H2,1H3;1H. The Kier molecular flexibility index (Phi) is 15.8. The summed E-state index contributed by atoms with van der Waals surface area (Å²) in [5.74, 6) is 1.43. The zero-order valence-corrected chi connectivity index (χ0v) is 18.0. The highest BCUT2D eigenvalue weighted by atomic mass is 35.5. The van der Waals surface area contributed by atoms with Crippen LogP contribution in [0.25, 0.3) is 0 Å². The van der Waals surface area contributed by atoms with E-state index < -0.39 is 0 Å². The topological polar surface area (TPSA) is 23.5 Å². The first-order valence-electron chi connectivity index (χ1n) is 9.64. The fourth-order valence-corrected chi connectivity index (χ4v) is 3.80. The van der Waals surface area contributed by atoms with Crippen molar-refractivity contribution in [2.75, 3.05) is 19.3 Å². The maximum absolute atomic E-state index is 9.16. The molecule has 4 heteroatoms. The number of unbranched alkanes of at least 4 members (excludes halogenated alkanes) is 4. The van der Waals surface area contributed by atoms with E-state index in [2.05, 4.69) is 35.7 Å². The van der Waals surface area contributed by atoms with Gasteiger partial charge in [0.25, 0.3) is 0 Å². The molecule has 0 aliphatic carbocycles. The van der Waals surface area contributed by atoms with Crippen LogP contribution in [0.15, 0.2) is 30.3 Å². The monoisotopic (exact) mass is 387 g/mol. The Morgan fingerprint density at radius 3 is 2.32 bits per heavy atom. The Labute approximate surface area is 166 Å². The Bertz CT molecular complexity index is 398. The van der Waals surface area contributed by atoms with Crippen LogP contribution in [0.4, 0.5) is 0 Å². The molecule has 2 nitrogen and oxygen atoms in total. The molecule has 146 valence electrons. The lowest BCUT2D eigenvalue weighted by atomic mass is 10.1. The molecule has 0 aromatic heterocycles. The number of halogens is 1. The molecule has 0 amide bonds. The Balaban J connectivity index is 0.000000449. The van der Waals surface area contributed by atoms with Gasteiger partial charge in [0.2, 0.25) is 0 Å². The maximum Gasteiger partial charge on any atom is 0.0639 e. The number of rotatable bonds is 10. The number of aliphatic hydroxyl groups is 1. The van der Waals surface area contributed by atoms with Crippen molar-refractivity contribution in [2.24, 2.45) is 0 Å². The Hall–Kier alpha value is -0.220. The van der Waals surface area contributed by atoms with E-state index in [0.717, 1.165) is 18.3 Å². The van der Waals surface area contributed by atoms with Crippen molar-refractivity contribution in [1.82, 2.24) is 4.90 Å². The summed E-state index contributed by atoms with van der Waals surface area (Å²) in [6.07, 6.45) is 9.98. The van der Waals surface area contributed by atoms with Crippen LogP contribution in [-0.2, 0) is 6.54 Å². The Morgan fingerprint density at radius 1 is 1.16 bits per heavy atom. The summed E-state index contributed by atoms with van der Waals surface area (Å²) >= 11 is 2.17. The van der Waals surface area contributed by atoms with Gasteiger partial charge in [-0.1, -0.05) is 69.4 Å². The molecular weight excluding hydrogens is 350 g/mol. The first kappa shape index (κ1) is 24.8. The molecule has 1 heterocycles. The third-order valence-corrected chi connectivity index (χ3v) is 5.71. The molecule has 1 aliphatic rings. The predicted molar refractivity (Wildman–Crippen MR) is 116 cm³/mol. The molecule has 1 saturated heterocycles. The van der Waals surface area contributed by atoms with E-state index in [1.54, 1.807) is 0 Å². The maximum atomic E-state index is 9.16. The number of hydrogen-bond donors (Lipinski definition) is 1. The molecule has 1 aromatic rings. The van der Waals surface area contributed by atoms with Gasteiger partial charge in [0.1, 0.15) is 0 Å². The minimum atomic E-state index is -0.256. The van der Waals surface area contributed by atoms with Gasteiger partial charge in [-0.3, -0.25) is 4.90 Å². The van der Waals surface area contributed by atoms with Crippen molar-refractivity contribution in [3.05, 3.63) is 35.9 Å². The summed E-state index contributed by atoms with van der Waals surface area (Å²) in [5, 5.41) is 10.2. The minimum absolute atomic E-state index is 0. The van der Waals surface area contributed by atoms with Crippen molar-refractivity contribution >= 4 is 24.2 Å². The van der Waals surface area contributed by atoms with Crippen LogP contribution < -0.4 is 0 Å². The molecule has 1 N–H and O–H groups in total. The van der Waals surface area contributed by atoms with Gasteiger partial charge in [0.15, 0.2) is 0 Å². The fraction of sp³-hybridized carbons (Fsp3) is 0.714.